The molecule has 1 N–H and O–H groups in total. The van der Waals surface area contributed by atoms with Gasteiger partial charge in [-0.2, -0.15) is 0 Å². The van der Waals surface area contributed by atoms with Crippen molar-refractivity contribution in [3.63, 3.8) is 0 Å². The molecule has 0 atom stereocenters. The average molecular weight is 315 g/mol. The molecule has 0 radical (unpaired) electrons. The van der Waals surface area contributed by atoms with Crippen LogP contribution in [0.1, 0.15) is 26.3 Å². The highest BCUT2D eigenvalue weighted by Crippen LogP contribution is 2.32. The van der Waals surface area contributed by atoms with E-state index in [4.69, 9.17) is 4.74 Å². The molecule has 0 saturated carbocycles. The molecule has 1 aromatic rings. The molecule has 5 nitrogen and oxygen atoms in total. The molecule has 0 spiro atoms. The van der Waals surface area contributed by atoms with Gasteiger partial charge in [-0.1, -0.05) is 26.0 Å². The van der Waals surface area contributed by atoms with Gasteiger partial charge in [-0.05, 0) is 36.6 Å². The van der Waals surface area contributed by atoms with Crippen LogP contribution in [0.2, 0.25) is 0 Å². The average Bonchev–Trinajstić information content (AvgIpc) is 2.71. The molecule has 1 aliphatic rings. The van der Waals surface area contributed by atoms with Crippen molar-refractivity contribution in [2.75, 3.05) is 13.7 Å². The number of phenols is 1. The molecule has 1 heterocycles. The molecule has 2 rings (SSSR count). The molecule has 1 aromatic carbocycles. The molecule has 0 fully saturated rings. The highest BCUT2D eigenvalue weighted by molar-refractivity contribution is 6.16. The van der Waals surface area contributed by atoms with Crippen LogP contribution in [0.3, 0.4) is 0 Å². The molecular formula is C18H21NO4. The molecule has 122 valence electrons. The number of amides is 1. The van der Waals surface area contributed by atoms with Crippen molar-refractivity contribution >= 4 is 18.0 Å². The quantitative estimate of drug-likeness (QED) is 0.685. The number of allylic oxidation sites excluding steroid dienone is 1. The fourth-order valence-corrected chi connectivity index (χ4v) is 2.59. The Morgan fingerprint density at radius 3 is 2.65 bits per heavy atom. The van der Waals surface area contributed by atoms with Gasteiger partial charge in [-0.15, -0.1) is 0 Å². The Balaban J connectivity index is 2.52. The van der Waals surface area contributed by atoms with E-state index >= 15 is 0 Å². The maximum Gasteiger partial charge on any atom is 0.340 e. The Bertz CT molecular complexity index is 701. The first-order valence-corrected chi connectivity index (χ1v) is 7.47. The normalized spacial score (nSPS) is 16.7. The third-order valence-corrected chi connectivity index (χ3v) is 3.63. The number of methoxy groups -OCH3 is 1. The minimum atomic E-state index is -0.534. The number of aromatic hydroxyl groups is 1. The van der Waals surface area contributed by atoms with Crippen LogP contribution in [0.5, 0.6) is 5.75 Å². The Morgan fingerprint density at radius 1 is 1.39 bits per heavy atom. The topological polar surface area (TPSA) is 66.8 Å². The second-order valence-electron chi connectivity index (χ2n) is 5.91. The zero-order valence-corrected chi connectivity index (χ0v) is 13.8. The van der Waals surface area contributed by atoms with Crippen LogP contribution in [0.25, 0.3) is 6.08 Å². The van der Waals surface area contributed by atoms with Crippen molar-refractivity contribution in [3.8, 4) is 5.75 Å². The van der Waals surface area contributed by atoms with Crippen LogP contribution in [0.4, 0.5) is 0 Å². The van der Waals surface area contributed by atoms with E-state index in [1.807, 2.05) is 13.8 Å². The third-order valence-electron chi connectivity index (χ3n) is 3.63. The van der Waals surface area contributed by atoms with Gasteiger partial charge in [-0.3, -0.25) is 4.79 Å². The first-order chi connectivity index (χ1) is 10.8. The number of hydrogen-bond donors (Lipinski definition) is 1. The summed E-state index contributed by atoms with van der Waals surface area (Å²) < 4.78 is 4.83. The van der Waals surface area contributed by atoms with Crippen molar-refractivity contribution < 1.29 is 19.4 Å². The summed E-state index contributed by atoms with van der Waals surface area (Å²) in [7, 11) is 1.30. The summed E-state index contributed by atoms with van der Waals surface area (Å²) in [5.74, 6) is -0.384. The van der Waals surface area contributed by atoms with Gasteiger partial charge < -0.3 is 14.7 Å². The summed E-state index contributed by atoms with van der Waals surface area (Å²) in [4.78, 5) is 26.4. The predicted octanol–water partition coefficient (Wildman–Crippen LogP) is 2.72. The molecular weight excluding hydrogens is 294 g/mol. The number of benzene rings is 1. The van der Waals surface area contributed by atoms with E-state index in [0.717, 1.165) is 0 Å². The van der Waals surface area contributed by atoms with Gasteiger partial charge in [0.05, 0.1) is 18.3 Å². The molecule has 1 amide bonds. The van der Waals surface area contributed by atoms with Gasteiger partial charge in [0, 0.05) is 12.2 Å². The SMILES string of the molecule is COC(=O)C1=C(C)N(CC(C)C)C(=O)/C1=C\c1cccc(O)c1. The lowest BCUT2D eigenvalue weighted by molar-refractivity contribution is -0.136. The first kappa shape index (κ1) is 16.8. The lowest BCUT2D eigenvalue weighted by Gasteiger charge is -2.19. The van der Waals surface area contributed by atoms with Crippen LogP contribution in [-0.2, 0) is 14.3 Å². The zero-order chi connectivity index (χ0) is 17.1. The second-order valence-corrected chi connectivity index (χ2v) is 5.91. The monoisotopic (exact) mass is 315 g/mol. The molecule has 0 bridgehead atoms. The standard InChI is InChI=1S/C18H21NO4/c1-11(2)10-19-12(3)16(18(22)23-4)15(17(19)21)9-13-6-5-7-14(20)8-13/h5-9,11,20H,10H2,1-4H3/b15-9-. The molecule has 0 aliphatic carbocycles. The minimum absolute atomic E-state index is 0.101. The van der Waals surface area contributed by atoms with Gasteiger partial charge in [0.2, 0.25) is 0 Å². The number of ether oxygens (including phenoxy) is 1. The van der Waals surface area contributed by atoms with Gasteiger partial charge in [0.1, 0.15) is 5.75 Å². The van der Waals surface area contributed by atoms with Crippen molar-refractivity contribution in [2.45, 2.75) is 20.8 Å². The van der Waals surface area contributed by atoms with Crippen LogP contribution < -0.4 is 0 Å². The summed E-state index contributed by atoms with van der Waals surface area (Å²) in [5.41, 5.74) is 1.82. The number of rotatable bonds is 4. The Morgan fingerprint density at radius 2 is 2.09 bits per heavy atom. The maximum absolute atomic E-state index is 12.7. The maximum atomic E-state index is 12.7. The minimum Gasteiger partial charge on any atom is -0.508 e. The van der Waals surface area contributed by atoms with E-state index in [0.29, 0.717) is 23.4 Å². The summed E-state index contributed by atoms with van der Waals surface area (Å²) >= 11 is 0. The number of phenolic OH excluding ortho intramolecular Hbond substituents is 1. The van der Waals surface area contributed by atoms with E-state index in [1.165, 1.54) is 13.2 Å². The fourth-order valence-electron chi connectivity index (χ4n) is 2.59. The highest BCUT2D eigenvalue weighted by Gasteiger charge is 2.37. The lowest BCUT2D eigenvalue weighted by Crippen LogP contribution is -2.28. The smallest absolute Gasteiger partial charge is 0.340 e. The Kier molecular flexibility index (Phi) is 4.89. The predicted molar refractivity (Wildman–Crippen MR) is 87.4 cm³/mol. The van der Waals surface area contributed by atoms with Gasteiger partial charge in [0.25, 0.3) is 5.91 Å². The van der Waals surface area contributed by atoms with Crippen LogP contribution in [0, 0.1) is 5.92 Å². The van der Waals surface area contributed by atoms with Crippen molar-refractivity contribution in [1.82, 2.24) is 4.90 Å². The largest absolute Gasteiger partial charge is 0.508 e. The zero-order valence-electron chi connectivity index (χ0n) is 13.8. The van der Waals surface area contributed by atoms with E-state index < -0.39 is 5.97 Å². The molecule has 23 heavy (non-hydrogen) atoms. The fraction of sp³-hybridized carbons (Fsp3) is 0.333. The van der Waals surface area contributed by atoms with Gasteiger partial charge >= 0.3 is 5.97 Å². The molecule has 0 aromatic heterocycles. The number of carbonyl (C=O) groups excluding carboxylic acids is 2. The highest BCUT2D eigenvalue weighted by atomic mass is 16.5. The molecule has 0 saturated heterocycles. The van der Waals surface area contributed by atoms with Crippen molar-refractivity contribution in [3.05, 3.63) is 46.7 Å². The Labute approximate surface area is 135 Å². The van der Waals surface area contributed by atoms with Crippen LogP contribution >= 0.6 is 0 Å². The second kappa shape index (κ2) is 6.69. The number of esters is 1. The van der Waals surface area contributed by atoms with E-state index in [2.05, 4.69) is 0 Å². The van der Waals surface area contributed by atoms with Gasteiger partial charge in [0.15, 0.2) is 0 Å². The summed E-state index contributed by atoms with van der Waals surface area (Å²) in [5, 5.41) is 9.57. The third kappa shape index (κ3) is 3.44. The van der Waals surface area contributed by atoms with Crippen molar-refractivity contribution in [1.29, 1.82) is 0 Å². The summed E-state index contributed by atoms with van der Waals surface area (Å²) in [6.45, 7) is 6.29. The van der Waals surface area contributed by atoms with Gasteiger partial charge in [-0.25, -0.2) is 4.79 Å². The van der Waals surface area contributed by atoms with Crippen LogP contribution in [-0.4, -0.2) is 35.5 Å². The van der Waals surface area contributed by atoms with E-state index in [1.54, 1.807) is 36.1 Å². The van der Waals surface area contributed by atoms with Crippen LogP contribution in [0.15, 0.2) is 41.1 Å². The number of carbonyl (C=O) groups is 2. The number of hydrogen-bond acceptors (Lipinski definition) is 4. The van der Waals surface area contributed by atoms with E-state index in [-0.39, 0.29) is 23.1 Å². The molecule has 5 heteroatoms. The Hall–Kier alpha value is -2.56. The van der Waals surface area contributed by atoms with E-state index in [9.17, 15) is 14.7 Å². The van der Waals surface area contributed by atoms with Crippen molar-refractivity contribution in [2.24, 2.45) is 5.92 Å². The molecule has 1 aliphatic heterocycles. The summed E-state index contributed by atoms with van der Waals surface area (Å²) in [6.07, 6.45) is 1.61. The first-order valence-electron chi connectivity index (χ1n) is 7.47. The summed E-state index contributed by atoms with van der Waals surface area (Å²) in [6, 6.07) is 6.53. The lowest BCUT2D eigenvalue weighted by atomic mass is 10.0. The number of nitrogens with zero attached hydrogens (tertiary/aromatic N) is 1. The molecule has 0 unspecified atom stereocenters.